The highest BCUT2D eigenvalue weighted by atomic mass is 15.2. The van der Waals surface area contributed by atoms with Crippen molar-refractivity contribution >= 4 is 0 Å². The van der Waals surface area contributed by atoms with E-state index in [1.54, 1.807) is 0 Å². The van der Waals surface area contributed by atoms with Gasteiger partial charge >= 0.3 is 0 Å². The summed E-state index contributed by atoms with van der Waals surface area (Å²) in [5.74, 6) is 0. The zero-order valence-electron chi connectivity index (χ0n) is 14.1. The lowest BCUT2D eigenvalue weighted by Gasteiger charge is -2.37. The van der Waals surface area contributed by atoms with Gasteiger partial charge in [-0.25, -0.2) is 0 Å². The normalized spacial score (nSPS) is 26.8. The van der Waals surface area contributed by atoms with Crippen LogP contribution in [0.25, 0.3) is 0 Å². The average Bonchev–Trinajstić information content (AvgIpc) is 2.48. The van der Waals surface area contributed by atoms with Crippen molar-refractivity contribution in [2.75, 3.05) is 26.7 Å². The van der Waals surface area contributed by atoms with E-state index in [4.69, 9.17) is 0 Å². The fourth-order valence-corrected chi connectivity index (χ4v) is 3.53. The van der Waals surface area contributed by atoms with E-state index in [-0.39, 0.29) is 0 Å². The molecule has 1 rings (SSSR count). The molecule has 4 heteroatoms. The summed E-state index contributed by atoms with van der Waals surface area (Å²) in [6, 6.07) is 3.78. The molecule has 0 aromatic rings. The Labute approximate surface area is 125 Å². The van der Waals surface area contributed by atoms with Crippen LogP contribution in [0, 0.1) is 11.3 Å². The van der Waals surface area contributed by atoms with E-state index in [1.165, 1.54) is 13.0 Å². The van der Waals surface area contributed by atoms with Crippen LogP contribution in [0.3, 0.4) is 0 Å². The van der Waals surface area contributed by atoms with E-state index in [9.17, 15) is 5.26 Å². The summed E-state index contributed by atoms with van der Waals surface area (Å²) in [5, 5.41) is 12.9. The summed E-state index contributed by atoms with van der Waals surface area (Å²) in [4.78, 5) is 4.98. The minimum Gasteiger partial charge on any atom is -0.305 e. The first-order valence-electron chi connectivity index (χ1n) is 7.90. The van der Waals surface area contributed by atoms with Gasteiger partial charge in [0.15, 0.2) is 0 Å². The lowest BCUT2D eigenvalue weighted by molar-refractivity contribution is 0.129. The molecule has 20 heavy (non-hydrogen) atoms. The van der Waals surface area contributed by atoms with Crippen molar-refractivity contribution in [1.29, 1.82) is 5.26 Å². The topological polar surface area (TPSA) is 42.3 Å². The molecule has 3 unspecified atom stereocenters. The first-order chi connectivity index (χ1) is 9.27. The minimum absolute atomic E-state index is 0.333. The molecule has 1 saturated heterocycles. The largest absolute Gasteiger partial charge is 0.305 e. The Hall–Kier alpha value is -0.630. The number of rotatable bonds is 5. The quantitative estimate of drug-likeness (QED) is 0.837. The van der Waals surface area contributed by atoms with Gasteiger partial charge in [-0.3, -0.25) is 10.2 Å². The predicted molar refractivity (Wildman–Crippen MR) is 84.7 cm³/mol. The molecule has 1 heterocycles. The molecule has 116 valence electrons. The Morgan fingerprint density at radius 3 is 2.55 bits per heavy atom. The summed E-state index contributed by atoms with van der Waals surface area (Å²) in [6.07, 6.45) is 2.09. The maximum atomic E-state index is 9.51. The summed E-state index contributed by atoms with van der Waals surface area (Å²) >= 11 is 0. The maximum Gasteiger partial charge on any atom is 0.105 e. The SMILES string of the molecule is CC(C)NC(C)(C#N)CC(C)N1CCCN(C)CC1C. The fourth-order valence-electron chi connectivity index (χ4n) is 3.53. The second-order valence-corrected chi connectivity index (χ2v) is 7.00. The Morgan fingerprint density at radius 1 is 1.35 bits per heavy atom. The molecule has 0 aliphatic carbocycles. The number of hydrogen-bond donors (Lipinski definition) is 1. The molecular weight excluding hydrogens is 248 g/mol. The number of hydrogen-bond acceptors (Lipinski definition) is 4. The van der Waals surface area contributed by atoms with Crippen LogP contribution in [0.1, 0.15) is 47.5 Å². The van der Waals surface area contributed by atoms with E-state index in [1.807, 2.05) is 6.92 Å². The molecule has 4 nitrogen and oxygen atoms in total. The van der Waals surface area contributed by atoms with Crippen molar-refractivity contribution in [1.82, 2.24) is 15.1 Å². The molecule has 0 aromatic carbocycles. The molecule has 0 aromatic heterocycles. The Bertz CT molecular complexity index is 336. The van der Waals surface area contributed by atoms with Crippen molar-refractivity contribution < 1.29 is 0 Å². The molecule has 1 N–H and O–H groups in total. The second kappa shape index (κ2) is 7.40. The zero-order valence-corrected chi connectivity index (χ0v) is 14.1. The van der Waals surface area contributed by atoms with Crippen molar-refractivity contribution in [2.24, 2.45) is 0 Å². The molecule has 1 fully saturated rings. The van der Waals surface area contributed by atoms with Gasteiger partial charge in [-0.05, 0) is 67.6 Å². The molecule has 1 aliphatic heterocycles. The van der Waals surface area contributed by atoms with Gasteiger partial charge in [0.25, 0.3) is 0 Å². The third-order valence-corrected chi connectivity index (χ3v) is 4.22. The molecule has 0 radical (unpaired) electrons. The summed E-state index contributed by atoms with van der Waals surface area (Å²) in [7, 11) is 2.20. The van der Waals surface area contributed by atoms with Crippen LogP contribution < -0.4 is 5.32 Å². The molecule has 3 atom stereocenters. The van der Waals surface area contributed by atoms with Gasteiger partial charge < -0.3 is 4.90 Å². The molecule has 0 amide bonds. The maximum absolute atomic E-state index is 9.51. The highest BCUT2D eigenvalue weighted by Gasteiger charge is 2.31. The fraction of sp³-hybridized carbons (Fsp3) is 0.938. The third kappa shape index (κ3) is 5.05. The number of likely N-dealkylation sites (N-methyl/N-ethyl adjacent to an activating group) is 1. The van der Waals surface area contributed by atoms with Gasteiger partial charge in [-0.2, -0.15) is 5.26 Å². The smallest absolute Gasteiger partial charge is 0.105 e. The van der Waals surface area contributed by atoms with Gasteiger partial charge in [-0.15, -0.1) is 0 Å². The van der Waals surface area contributed by atoms with Gasteiger partial charge in [0.2, 0.25) is 0 Å². The second-order valence-electron chi connectivity index (χ2n) is 7.00. The van der Waals surface area contributed by atoms with E-state index in [2.05, 4.69) is 55.9 Å². The van der Waals surface area contributed by atoms with Crippen LogP contribution in [0.15, 0.2) is 0 Å². The predicted octanol–water partition coefficient (Wildman–Crippen LogP) is 2.07. The third-order valence-electron chi connectivity index (χ3n) is 4.22. The van der Waals surface area contributed by atoms with Crippen LogP contribution >= 0.6 is 0 Å². The van der Waals surface area contributed by atoms with Crippen LogP contribution in [-0.4, -0.2) is 60.1 Å². The van der Waals surface area contributed by atoms with Gasteiger partial charge in [0, 0.05) is 24.7 Å². The molecule has 1 aliphatic rings. The number of nitriles is 1. The summed E-state index contributed by atoms with van der Waals surface area (Å²) < 4.78 is 0. The van der Waals surface area contributed by atoms with Crippen LogP contribution in [-0.2, 0) is 0 Å². The highest BCUT2D eigenvalue weighted by Crippen LogP contribution is 2.20. The lowest BCUT2D eigenvalue weighted by atomic mass is 9.93. The van der Waals surface area contributed by atoms with E-state index in [0.29, 0.717) is 18.1 Å². The Morgan fingerprint density at radius 2 is 2.00 bits per heavy atom. The minimum atomic E-state index is -0.439. The standard InChI is InChI=1S/C16H32N4/c1-13(2)18-16(5,12-17)10-14(3)20-9-7-8-19(6)11-15(20)4/h13-15,18H,7-11H2,1-6H3. The van der Waals surface area contributed by atoms with Crippen molar-refractivity contribution in [2.45, 2.75) is 71.1 Å². The first-order valence-corrected chi connectivity index (χ1v) is 7.90. The van der Waals surface area contributed by atoms with Crippen molar-refractivity contribution in [3.8, 4) is 6.07 Å². The van der Waals surface area contributed by atoms with Gasteiger partial charge in [0.05, 0.1) is 6.07 Å². The highest BCUT2D eigenvalue weighted by molar-refractivity contribution is 5.06. The Kier molecular flexibility index (Phi) is 6.44. The molecule has 0 spiro atoms. The lowest BCUT2D eigenvalue weighted by Crippen LogP contribution is -2.51. The first kappa shape index (κ1) is 17.4. The molecule has 0 bridgehead atoms. The number of nitrogens with zero attached hydrogens (tertiary/aromatic N) is 3. The Balaban J connectivity index is 2.68. The summed E-state index contributed by atoms with van der Waals surface area (Å²) in [5.41, 5.74) is -0.439. The monoisotopic (exact) mass is 280 g/mol. The summed E-state index contributed by atoms with van der Waals surface area (Å²) in [6.45, 7) is 14.2. The van der Waals surface area contributed by atoms with Crippen molar-refractivity contribution in [3.05, 3.63) is 0 Å². The van der Waals surface area contributed by atoms with Crippen molar-refractivity contribution in [3.63, 3.8) is 0 Å². The van der Waals surface area contributed by atoms with Gasteiger partial charge in [0.1, 0.15) is 5.54 Å². The van der Waals surface area contributed by atoms with Crippen LogP contribution in [0.2, 0.25) is 0 Å². The van der Waals surface area contributed by atoms with Crippen LogP contribution in [0.5, 0.6) is 0 Å². The number of nitrogens with one attached hydrogen (secondary N) is 1. The molecular formula is C16H32N4. The van der Waals surface area contributed by atoms with E-state index < -0.39 is 5.54 Å². The zero-order chi connectivity index (χ0) is 15.3. The van der Waals surface area contributed by atoms with Crippen LogP contribution in [0.4, 0.5) is 0 Å². The van der Waals surface area contributed by atoms with Gasteiger partial charge in [-0.1, -0.05) is 0 Å². The van der Waals surface area contributed by atoms with E-state index >= 15 is 0 Å². The van der Waals surface area contributed by atoms with E-state index in [0.717, 1.165) is 19.5 Å². The average molecular weight is 280 g/mol. The molecule has 0 saturated carbocycles.